The molecule has 4 aromatic carbocycles. The number of hydrogen-bond donors (Lipinski definition) is 4. The van der Waals surface area contributed by atoms with Gasteiger partial charge in [0, 0.05) is 43.6 Å². The summed E-state index contributed by atoms with van der Waals surface area (Å²) >= 11 is 0. The molecule has 47 heavy (non-hydrogen) atoms. The Morgan fingerprint density at radius 3 is 2.23 bits per heavy atom. The van der Waals surface area contributed by atoms with E-state index in [0.717, 1.165) is 23.2 Å². The van der Waals surface area contributed by atoms with Crippen molar-refractivity contribution >= 4 is 28.9 Å². The highest BCUT2D eigenvalue weighted by molar-refractivity contribution is 5.94. The minimum absolute atomic E-state index is 0.0118. The van der Waals surface area contributed by atoms with Crippen LogP contribution in [0.1, 0.15) is 66.8 Å². The van der Waals surface area contributed by atoms with E-state index >= 15 is 0 Å². The number of aliphatic hydroxyl groups is 1. The third kappa shape index (κ3) is 10.2. The predicted octanol–water partition coefficient (Wildman–Crippen LogP) is 6.58. The van der Waals surface area contributed by atoms with Crippen LogP contribution in [-0.4, -0.2) is 41.5 Å². The van der Waals surface area contributed by atoms with Gasteiger partial charge in [-0.05, 0) is 60.8 Å². The van der Waals surface area contributed by atoms with Gasteiger partial charge in [-0.2, -0.15) is 0 Å². The Hall–Kier alpha value is -4.54. The molecule has 1 saturated heterocycles. The second kappa shape index (κ2) is 16.9. The van der Waals surface area contributed by atoms with Crippen molar-refractivity contribution in [3.63, 3.8) is 0 Å². The molecule has 0 saturated carbocycles. The van der Waals surface area contributed by atoms with Gasteiger partial charge in [0.15, 0.2) is 6.29 Å². The van der Waals surface area contributed by atoms with Gasteiger partial charge in [0.2, 0.25) is 11.8 Å². The summed E-state index contributed by atoms with van der Waals surface area (Å²) in [6.07, 6.45) is 1.51. The molecule has 3 unspecified atom stereocenters. The van der Waals surface area contributed by atoms with Gasteiger partial charge in [-0.25, -0.2) is 0 Å². The van der Waals surface area contributed by atoms with Crippen molar-refractivity contribution < 1.29 is 24.2 Å². The maximum atomic E-state index is 12.8. The smallest absolute Gasteiger partial charge is 0.224 e. The van der Waals surface area contributed by atoms with Crippen molar-refractivity contribution in [2.24, 2.45) is 0 Å². The molecule has 5 rings (SSSR count). The number of aliphatic hydroxyl groups excluding tert-OH is 1. The summed E-state index contributed by atoms with van der Waals surface area (Å²) in [6, 6.07) is 32.9. The third-order valence-corrected chi connectivity index (χ3v) is 8.16. The number of nitrogens with two attached hydrogens (primary N) is 1. The molecule has 0 spiro atoms. The van der Waals surface area contributed by atoms with Crippen LogP contribution in [0.4, 0.5) is 17.1 Å². The molecule has 0 bridgehead atoms. The average molecular weight is 637 g/mol. The van der Waals surface area contributed by atoms with Crippen LogP contribution in [0, 0.1) is 0 Å². The van der Waals surface area contributed by atoms with Gasteiger partial charge < -0.3 is 30.9 Å². The number of unbranched alkanes of at least 4 members (excludes halogenated alkanes) is 1. The van der Waals surface area contributed by atoms with E-state index in [2.05, 4.69) is 34.7 Å². The monoisotopic (exact) mass is 636 g/mol. The van der Waals surface area contributed by atoms with Crippen molar-refractivity contribution in [1.82, 2.24) is 4.90 Å². The summed E-state index contributed by atoms with van der Waals surface area (Å²) in [7, 11) is 2.09. The standard InChI is InChI=1S/C38H44N4O5/c1-42(24-27-10-3-2-4-11-27)25-32-23-35(29-20-18-28(26-43)19-21-29)47-38(46-32)30-12-9-13-31(22-30)40-36(44)16-7-8-17-37(45)41-34-15-6-5-14-33(34)39/h2-6,9-15,18-22,32,35,38,43H,7-8,16-17,23-26,39H2,1H3,(H,40,44)(H,41,45). The fourth-order valence-electron chi connectivity index (χ4n) is 5.72. The number of benzene rings is 4. The van der Waals surface area contributed by atoms with Crippen molar-refractivity contribution in [1.29, 1.82) is 0 Å². The Morgan fingerprint density at radius 2 is 1.51 bits per heavy atom. The van der Waals surface area contributed by atoms with Gasteiger partial charge in [0.05, 0.1) is 30.2 Å². The van der Waals surface area contributed by atoms with E-state index in [1.165, 1.54) is 5.56 Å². The minimum atomic E-state index is -0.629. The summed E-state index contributed by atoms with van der Waals surface area (Å²) in [5, 5.41) is 15.3. The quantitative estimate of drug-likeness (QED) is 0.0911. The molecular formula is C38H44N4O5. The molecule has 9 nitrogen and oxygen atoms in total. The van der Waals surface area contributed by atoms with Gasteiger partial charge in [-0.15, -0.1) is 0 Å². The second-order valence-electron chi connectivity index (χ2n) is 12.0. The topological polar surface area (TPSA) is 126 Å². The van der Waals surface area contributed by atoms with Crippen molar-refractivity contribution in [3.8, 4) is 0 Å². The van der Waals surface area contributed by atoms with Gasteiger partial charge in [0.25, 0.3) is 0 Å². The molecule has 9 heteroatoms. The summed E-state index contributed by atoms with van der Waals surface area (Å²) in [6.45, 7) is 1.51. The molecule has 0 aromatic heterocycles. The first kappa shape index (κ1) is 33.8. The SMILES string of the molecule is CN(Cc1ccccc1)CC1CC(c2ccc(CO)cc2)OC(c2cccc(NC(=O)CCCCC(=O)Nc3ccccc3N)c2)O1. The average Bonchev–Trinajstić information content (AvgIpc) is 3.08. The number of ether oxygens (including phenoxy) is 2. The zero-order chi connectivity index (χ0) is 33.0. The van der Waals surface area contributed by atoms with E-state index < -0.39 is 6.29 Å². The van der Waals surface area contributed by atoms with E-state index in [1.54, 1.807) is 12.1 Å². The molecule has 4 aromatic rings. The molecular weight excluding hydrogens is 592 g/mol. The first-order valence-electron chi connectivity index (χ1n) is 16.1. The number of nitrogen functional groups attached to an aromatic ring is 1. The van der Waals surface area contributed by atoms with Gasteiger partial charge >= 0.3 is 0 Å². The highest BCUT2D eigenvalue weighted by Gasteiger charge is 2.33. The highest BCUT2D eigenvalue weighted by Crippen LogP contribution is 2.38. The fourth-order valence-corrected chi connectivity index (χ4v) is 5.72. The third-order valence-electron chi connectivity index (χ3n) is 8.16. The van der Waals surface area contributed by atoms with E-state index in [4.69, 9.17) is 15.2 Å². The Bertz CT molecular complexity index is 1600. The Balaban J connectivity index is 1.18. The van der Waals surface area contributed by atoms with Crippen molar-refractivity contribution in [2.75, 3.05) is 30.0 Å². The van der Waals surface area contributed by atoms with Gasteiger partial charge in [0.1, 0.15) is 0 Å². The van der Waals surface area contributed by atoms with Crippen LogP contribution in [-0.2, 0) is 32.2 Å². The Kier molecular flexibility index (Phi) is 12.1. The molecule has 2 amide bonds. The lowest BCUT2D eigenvalue weighted by Gasteiger charge is -2.38. The summed E-state index contributed by atoms with van der Waals surface area (Å²) < 4.78 is 13.0. The zero-order valence-corrected chi connectivity index (χ0v) is 26.8. The number of likely N-dealkylation sites (N-methyl/N-ethyl adjacent to an activating group) is 1. The number of nitrogens with zero attached hydrogens (tertiary/aromatic N) is 1. The molecule has 1 fully saturated rings. The maximum Gasteiger partial charge on any atom is 0.224 e. The van der Waals surface area contributed by atoms with Crippen LogP contribution >= 0.6 is 0 Å². The molecule has 3 atom stereocenters. The lowest BCUT2D eigenvalue weighted by Crippen LogP contribution is -2.37. The largest absolute Gasteiger partial charge is 0.397 e. The van der Waals surface area contributed by atoms with E-state index in [9.17, 15) is 14.7 Å². The summed E-state index contributed by atoms with van der Waals surface area (Å²) in [5.74, 6) is -0.252. The van der Waals surface area contributed by atoms with Crippen LogP contribution < -0.4 is 16.4 Å². The van der Waals surface area contributed by atoms with E-state index in [0.29, 0.717) is 55.7 Å². The van der Waals surface area contributed by atoms with Crippen molar-refractivity contribution in [2.45, 2.75) is 63.8 Å². The van der Waals surface area contributed by atoms with Gasteiger partial charge in [-0.1, -0.05) is 78.9 Å². The number of carbonyl (C=O) groups excluding carboxylic acids is 2. The lowest BCUT2D eigenvalue weighted by atomic mass is 9.99. The molecule has 0 aliphatic carbocycles. The van der Waals surface area contributed by atoms with Crippen LogP contribution in [0.25, 0.3) is 0 Å². The predicted molar refractivity (Wildman–Crippen MR) is 184 cm³/mol. The zero-order valence-electron chi connectivity index (χ0n) is 26.8. The minimum Gasteiger partial charge on any atom is -0.397 e. The molecule has 5 N–H and O–H groups in total. The molecule has 1 heterocycles. The molecule has 0 radical (unpaired) electrons. The van der Waals surface area contributed by atoms with Crippen LogP contribution in [0.2, 0.25) is 0 Å². The summed E-state index contributed by atoms with van der Waals surface area (Å²) in [5.41, 5.74) is 11.6. The van der Waals surface area contributed by atoms with Gasteiger partial charge in [-0.3, -0.25) is 14.5 Å². The number of amides is 2. The number of rotatable bonds is 14. The first-order valence-corrected chi connectivity index (χ1v) is 16.1. The molecule has 1 aliphatic rings. The van der Waals surface area contributed by atoms with Crippen molar-refractivity contribution in [3.05, 3.63) is 125 Å². The lowest BCUT2D eigenvalue weighted by molar-refractivity contribution is -0.252. The number of hydrogen-bond acceptors (Lipinski definition) is 7. The number of nitrogens with one attached hydrogen (secondary N) is 2. The van der Waals surface area contributed by atoms with Crippen LogP contribution in [0.15, 0.2) is 103 Å². The number of para-hydroxylation sites is 2. The highest BCUT2D eigenvalue weighted by atomic mass is 16.7. The molecule has 246 valence electrons. The normalized spacial score (nSPS) is 17.7. The van der Waals surface area contributed by atoms with Crippen LogP contribution in [0.5, 0.6) is 0 Å². The fraction of sp³-hybridized carbons (Fsp3) is 0.316. The second-order valence-corrected chi connectivity index (χ2v) is 12.0. The maximum absolute atomic E-state index is 12.8. The Labute approximate surface area is 276 Å². The number of carbonyl (C=O) groups is 2. The van der Waals surface area contributed by atoms with Crippen LogP contribution in [0.3, 0.4) is 0 Å². The van der Waals surface area contributed by atoms with E-state index in [1.807, 2.05) is 78.9 Å². The first-order chi connectivity index (χ1) is 22.9. The number of anilines is 3. The Morgan fingerprint density at radius 1 is 0.809 bits per heavy atom. The molecule has 1 aliphatic heterocycles. The summed E-state index contributed by atoms with van der Waals surface area (Å²) in [4.78, 5) is 27.3. The van der Waals surface area contributed by atoms with E-state index in [-0.39, 0.29) is 30.6 Å².